The summed E-state index contributed by atoms with van der Waals surface area (Å²) in [5, 5.41) is 9.49. The number of ether oxygens (including phenoxy) is 1. The predicted octanol–water partition coefficient (Wildman–Crippen LogP) is 3.56. The van der Waals surface area contributed by atoms with E-state index in [0.717, 1.165) is 10.2 Å². The van der Waals surface area contributed by atoms with Crippen molar-refractivity contribution in [2.45, 2.75) is 26.8 Å². The lowest BCUT2D eigenvalue weighted by Gasteiger charge is -2.38. The van der Waals surface area contributed by atoms with Gasteiger partial charge in [-0.2, -0.15) is 0 Å². The predicted molar refractivity (Wildman–Crippen MR) is 80.7 cm³/mol. The molecule has 1 heterocycles. The number of nitrogens with zero attached hydrogens (tertiary/aromatic N) is 2. The highest BCUT2D eigenvalue weighted by atomic mass is 79.9. The Labute approximate surface area is 128 Å². The van der Waals surface area contributed by atoms with E-state index in [1.54, 1.807) is 13.3 Å². The van der Waals surface area contributed by atoms with Crippen molar-refractivity contribution in [1.29, 1.82) is 0 Å². The zero-order valence-corrected chi connectivity index (χ0v) is 13.8. The lowest BCUT2D eigenvalue weighted by Crippen LogP contribution is -2.42. The molecule has 0 saturated carbocycles. The normalized spacial score (nSPS) is 13.1. The first-order chi connectivity index (χ1) is 9.27. The summed E-state index contributed by atoms with van der Waals surface area (Å²) >= 11 is 3.29. The summed E-state index contributed by atoms with van der Waals surface area (Å²) in [7, 11) is 1.56. The van der Waals surface area contributed by atoms with E-state index in [9.17, 15) is 9.90 Å². The van der Waals surface area contributed by atoms with E-state index in [1.807, 2.05) is 32.9 Å². The van der Waals surface area contributed by atoms with E-state index < -0.39 is 6.09 Å². The third kappa shape index (κ3) is 4.45. The SMILES string of the molecule is COCCN(C(=O)O)C(c1ccc(Br)nc1)C(C)(C)C. The molecule has 0 fully saturated rings. The monoisotopic (exact) mass is 344 g/mol. The van der Waals surface area contributed by atoms with Crippen LogP contribution < -0.4 is 0 Å². The van der Waals surface area contributed by atoms with Crippen LogP contribution in [-0.4, -0.2) is 41.3 Å². The van der Waals surface area contributed by atoms with Crippen LogP contribution in [0.5, 0.6) is 0 Å². The van der Waals surface area contributed by atoms with Gasteiger partial charge in [-0.05, 0) is 33.0 Å². The Morgan fingerprint density at radius 3 is 2.55 bits per heavy atom. The quantitative estimate of drug-likeness (QED) is 0.829. The van der Waals surface area contributed by atoms with Crippen molar-refractivity contribution in [2.24, 2.45) is 5.41 Å². The molecule has 20 heavy (non-hydrogen) atoms. The highest BCUT2D eigenvalue weighted by Gasteiger charge is 2.34. The number of hydrogen-bond donors (Lipinski definition) is 1. The Morgan fingerprint density at radius 2 is 2.15 bits per heavy atom. The van der Waals surface area contributed by atoms with Crippen LogP contribution in [0.3, 0.4) is 0 Å². The third-order valence-electron chi connectivity index (χ3n) is 2.98. The smallest absolute Gasteiger partial charge is 0.407 e. The minimum absolute atomic E-state index is 0.248. The van der Waals surface area contributed by atoms with Gasteiger partial charge in [-0.1, -0.05) is 26.8 Å². The molecule has 1 amide bonds. The molecule has 1 rings (SSSR count). The summed E-state index contributed by atoms with van der Waals surface area (Å²) < 4.78 is 5.74. The lowest BCUT2D eigenvalue weighted by atomic mass is 9.82. The molecule has 0 saturated heterocycles. The molecule has 0 aliphatic rings. The molecular weight excluding hydrogens is 324 g/mol. The highest BCUT2D eigenvalue weighted by Crippen LogP contribution is 2.37. The van der Waals surface area contributed by atoms with Gasteiger partial charge in [0.2, 0.25) is 0 Å². The van der Waals surface area contributed by atoms with Gasteiger partial charge in [0.05, 0.1) is 12.6 Å². The summed E-state index contributed by atoms with van der Waals surface area (Å²) in [5.74, 6) is 0. The average Bonchev–Trinajstić information content (AvgIpc) is 2.34. The second kappa shape index (κ2) is 7.04. The van der Waals surface area contributed by atoms with Gasteiger partial charge in [-0.25, -0.2) is 9.78 Å². The van der Waals surface area contributed by atoms with E-state index in [1.165, 1.54) is 4.90 Å². The number of amides is 1. The highest BCUT2D eigenvalue weighted by molar-refractivity contribution is 9.10. The summed E-state index contributed by atoms with van der Waals surface area (Å²) in [4.78, 5) is 17.2. The number of carbonyl (C=O) groups is 1. The minimum Gasteiger partial charge on any atom is -0.465 e. The zero-order valence-electron chi connectivity index (χ0n) is 12.3. The fourth-order valence-corrected chi connectivity index (χ4v) is 2.46. The van der Waals surface area contributed by atoms with Crippen molar-refractivity contribution >= 4 is 22.0 Å². The van der Waals surface area contributed by atoms with Gasteiger partial charge in [0.25, 0.3) is 0 Å². The Kier molecular flexibility index (Phi) is 5.95. The topological polar surface area (TPSA) is 62.7 Å². The summed E-state index contributed by atoms with van der Waals surface area (Å²) in [5.41, 5.74) is 0.626. The average molecular weight is 345 g/mol. The molecule has 1 aromatic rings. The number of pyridine rings is 1. The first-order valence-corrected chi connectivity index (χ1v) is 7.16. The van der Waals surface area contributed by atoms with Gasteiger partial charge in [-0.3, -0.25) is 4.90 Å². The van der Waals surface area contributed by atoms with E-state index >= 15 is 0 Å². The second-order valence-corrected chi connectivity index (χ2v) is 6.46. The molecule has 6 heteroatoms. The maximum absolute atomic E-state index is 11.6. The molecule has 0 spiro atoms. The van der Waals surface area contributed by atoms with Crippen LogP contribution in [0.1, 0.15) is 32.4 Å². The number of aromatic nitrogens is 1. The summed E-state index contributed by atoms with van der Waals surface area (Å²) in [6, 6.07) is 3.44. The summed E-state index contributed by atoms with van der Waals surface area (Å²) in [6.07, 6.45) is 0.757. The minimum atomic E-state index is -0.954. The first kappa shape index (κ1) is 16.9. The van der Waals surface area contributed by atoms with Crippen LogP contribution in [0.4, 0.5) is 4.79 Å². The van der Waals surface area contributed by atoms with Crippen LogP contribution in [0.2, 0.25) is 0 Å². The van der Waals surface area contributed by atoms with Crippen LogP contribution in [0, 0.1) is 5.41 Å². The molecule has 1 aromatic heterocycles. The van der Waals surface area contributed by atoms with Gasteiger partial charge < -0.3 is 9.84 Å². The van der Waals surface area contributed by atoms with E-state index in [-0.39, 0.29) is 11.5 Å². The molecule has 1 N–H and O–H groups in total. The Hall–Kier alpha value is -1.14. The Balaban J connectivity index is 3.16. The number of halogens is 1. The van der Waals surface area contributed by atoms with E-state index in [0.29, 0.717) is 13.2 Å². The maximum Gasteiger partial charge on any atom is 0.407 e. The molecule has 0 aromatic carbocycles. The fourth-order valence-electron chi connectivity index (χ4n) is 2.22. The first-order valence-electron chi connectivity index (χ1n) is 6.37. The van der Waals surface area contributed by atoms with Crippen LogP contribution in [0.25, 0.3) is 0 Å². The lowest BCUT2D eigenvalue weighted by molar-refractivity contribution is 0.0612. The van der Waals surface area contributed by atoms with Crippen molar-refractivity contribution in [3.8, 4) is 0 Å². The van der Waals surface area contributed by atoms with Crippen molar-refractivity contribution in [3.63, 3.8) is 0 Å². The van der Waals surface area contributed by atoms with E-state index in [2.05, 4.69) is 20.9 Å². The zero-order chi connectivity index (χ0) is 15.3. The van der Waals surface area contributed by atoms with Gasteiger partial charge in [0, 0.05) is 19.9 Å². The van der Waals surface area contributed by atoms with Crippen molar-refractivity contribution in [3.05, 3.63) is 28.5 Å². The molecule has 0 radical (unpaired) electrons. The number of hydrogen-bond acceptors (Lipinski definition) is 3. The molecule has 0 aliphatic heterocycles. The number of carboxylic acid groups (broad SMARTS) is 1. The van der Waals surface area contributed by atoms with Gasteiger partial charge in [0.15, 0.2) is 0 Å². The Morgan fingerprint density at radius 1 is 1.50 bits per heavy atom. The molecule has 0 aliphatic carbocycles. The largest absolute Gasteiger partial charge is 0.465 e. The van der Waals surface area contributed by atoms with E-state index in [4.69, 9.17) is 4.74 Å². The maximum atomic E-state index is 11.6. The summed E-state index contributed by atoms with van der Waals surface area (Å²) in [6.45, 7) is 6.74. The number of methoxy groups -OCH3 is 1. The fraction of sp³-hybridized carbons (Fsp3) is 0.571. The molecule has 112 valence electrons. The second-order valence-electron chi connectivity index (χ2n) is 5.65. The molecule has 1 unspecified atom stereocenters. The molecule has 5 nitrogen and oxygen atoms in total. The number of rotatable bonds is 5. The van der Waals surface area contributed by atoms with Crippen molar-refractivity contribution in [2.75, 3.05) is 20.3 Å². The Bertz CT molecular complexity index is 443. The van der Waals surface area contributed by atoms with Crippen molar-refractivity contribution < 1.29 is 14.6 Å². The van der Waals surface area contributed by atoms with Crippen LogP contribution in [-0.2, 0) is 4.74 Å². The van der Waals surface area contributed by atoms with Crippen molar-refractivity contribution in [1.82, 2.24) is 9.88 Å². The standard InChI is InChI=1S/C14H21BrN2O3/c1-14(2,3)12(10-5-6-11(15)16-9-10)17(13(18)19)7-8-20-4/h5-6,9,12H,7-8H2,1-4H3,(H,18,19). The van der Waals surface area contributed by atoms with Crippen LogP contribution in [0.15, 0.2) is 22.9 Å². The van der Waals surface area contributed by atoms with Gasteiger partial charge in [0.1, 0.15) is 4.60 Å². The van der Waals surface area contributed by atoms with Gasteiger partial charge >= 0.3 is 6.09 Å². The van der Waals surface area contributed by atoms with Crippen LogP contribution >= 0.6 is 15.9 Å². The molecule has 1 atom stereocenters. The third-order valence-corrected chi connectivity index (χ3v) is 3.45. The molecule has 0 bridgehead atoms. The molecular formula is C14H21BrN2O3. The van der Waals surface area contributed by atoms with Gasteiger partial charge in [-0.15, -0.1) is 0 Å².